The van der Waals surface area contributed by atoms with E-state index in [9.17, 15) is 5.11 Å². The summed E-state index contributed by atoms with van der Waals surface area (Å²) in [4.78, 5) is 2.48. The van der Waals surface area contributed by atoms with E-state index >= 15 is 0 Å². The van der Waals surface area contributed by atoms with E-state index in [-0.39, 0.29) is 0 Å². The fourth-order valence-electron chi connectivity index (χ4n) is 5.49. The molecule has 2 nitrogen and oxygen atoms in total. The number of hydrogen-bond donors (Lipinski definition) is 1. The summed E-state index contributed by atoms with van der Waals surface area (Å²) >= 11 is 0. The summed E-state index contributed by atoms with van der Waals surface area (Å²) in [5.74, 6) is 4.02. The maximum atomic E-state index is 9.22. The zero-order valence-corrected chi connectivity index (χ0v) is 12.7. The van der Waals surface area contributed by atoms with Gasteiger partial charge in [-0.2, -0.15) is 0 Å². The van der Waals surface area contributed by atoms with Gasteiger partial charge in [0.1, 0.15) is 0 Å². The third-order valence-corrected chi connectivity index (χ3v) is 6.60. The van der Waals surface area contributed by atoms with Crippen LogP contribution in [0.5, 0.6) is 0 Å². The van der Waals surface area contributed by atoms with E-state index < -0.39 is 0 Å². The molecular formula is C17H29NO. The summed E-state index contributed by atoms with van der Waals surface area (Å²) in [7, 11) is 0. The molecule has 2 aliphatic carbocycles. The summed E-state index contributed by atoms with van der Waals surface area (Å²) in [6, 6.07) is 0. The first-order valence-corrected chi connectivity index (χ1v) is 8.01. The molecule has 1 heterocycles. The molecular weight excluding hydrogens is 234 g/mol. The molecule has 1 saturated heterocycles. The third kappa shape index (κ3) is 1.83. The Balaban J connectivity index is 1.91. The predicted molar refractivity (Wildman–Crippen MR) is 78.8 cm³/mol. The minimum absolute atomic E-state index is 0.293. The maximum Gasteiger partial charge on any atom is 0.0558 e. The van der Waals surface area contributed by atoms with Crippen LogP contribution in [0.3, 0.4) is 0 Å². The summed E-state index contributed by atoms with van der Waals surface area (Å²) < 4.78 is 0. The van der Waals surface area contributed by atoms with Gasteiger partial charge in [0, 0.05) is 19.6 Å². The Bertz CT molecular complexity index is 377. The molecule has 2 saturated carbocycles. The Morgan fingerprint density at radius 3 is 2.79 bits per heavy atom. The predicted octanol–water partition coefficient (Wildman–Crippen LogP) is 2.79. The van der Waals surface area contributed by atoms with E-state index in [4.69, 9.17) is 0 Å². The number of rotatable bonds is 3. The van der Waals surface area contributed by atoms with Crippen LogP contribution < -0.4 is 0 Å². The normalized spacial score (nSPS) is 46.1. The molecule has 1 N–H and O–H groups in total. The Labute approximate surface area is 117 Å². The standard InChI is InChI=1S/C17H29NO/c1-11(2)13-5-6-17(4)12(3)14-9-18(7-8-19)10-15(17)16(13)14/h11,13-16,19H,3,5-10H2,1-2,4H3/t13-,14+,15+,16-,17+/m0/s1. The van der Waals surface area contributed by atoms with E-state index in [1.54, 1.807) is 0 Å². The second kappa shape index (κ2) is 4.60. The maximum absolute atomic E-state index is 9.22. The molecule has 108 valence electrons. The third-order valence-electron chi connectivity index (χ3n) is 6.60. The topological polar surface area (TPSA) is 23.5 Å². The first-order chi connectivity index (χ1) is 8.99. The van der Waals surface area contributed by atoms with Crippen molar-refractivity contribution in [1.29, 1.82) is 0 Å². The Morgan fingerprint density at radius 1 is 1.42 bits per heavy atom. The van der Waals surface area contributed by atoms with Crippen molar-refractivity contribution >= 4 is 0 Å². The first kappa shape index (κ1) is 13.6. The Morgan fingerprint density at radius 2 is 2.16 bits per heavy atom. The van der Waals surface area contributed by atoms with E-state index in [0.717, 1.165) is 36.8 Å². The molecule has 2 heteroatoms. The lowest BCUT2D eigenvalue weighted by Gasteiger charge is -2.49. The average Bonchev–Trinajstić information content (AvgIpc) is 2.48. The minimum Gasteiger partial charge on any atom is -0.395 e. The number of aliphatic hydroxyl groups is 1. The summed E-state index contributed by atoms with van der Waals surface area (Å²) in [6.07, 6.45) is 2.73. The van der Waals surface area contributed by atoms with Crippen LogP contribution in [-0.2, 0) is 0 Å². The fourth-order valence-corrected chi connectivity index (χ4v) is 5.49. The van der Waals surface area contributed by atoms with Crippen LogP contribution in [0.1, 0.15) is 33.6 Å². The van der Waals surface area contributed by atoms with E-state index in [1.807, 2.05) is 0 Å². The van der Waals surface area contributed by atoms with Crippen molar-refractivity contribution < 1.29 is 5.11 Å². The van der Waals surface area contributed by atoms with Gasteiger partial charge in [-0.25, -0.2) is 0 Å². The van der Waals surface area contributed by atoms with Crippen LogP contribution in [-0.4, -0.2) is 36.2 Å². The number of aliphatic hydroxyl groups excluding tert-OH is 1. The van der Waals surface area contributed by atoms with Crippen molar-refractivity contribution in [2.24, 2.45) is 35.0 Å². The highest BCUT2D eigenvalue weighted by molar-refractivity contribution is 5.29. The highest BCUT2D eigenvalue weighted by Gasteiger charge is 2.60. The van der Waals surface area contributed by atoms with E-state index in [2.05, 4.69) is 32.3 Å². The lowest BCUT2D eigenvalue weighted by Crippen LogP contribution is -2.50. The monoisotopic (exact) mass is 263 g/mol. The number of β-amino-alcohol motifs (C(OH)–C–C–N with tert-alkyl or cyclic N) is 1. The average molecular weight is 263 g/mol. The van der Waals surface area contributed by atoms with Gasteiger partial charge in [-0.15, -0.1) is 0 Å². The second-order valence-corrected chi connectivity index (χ2v) is 7.66. The summed E-state index contributed by atoms with van der Waals surface area (Å²) in [6.45, 7) is 15.2. The number of nitrogens with zero attached hydrogens (tertiary/aromatic N) is 1. The van der Waals surface area contributed by atoms with Crippen molar-refractivity contribution in [1.82, 2.24) is 4.90 Å². The van der Waals surface area contributed by atoms with Crippen molar-refractivity contribution in [3.05, 3.63) is 12.2 Å². The largest absolute Gasteiger partial charge is 0.395 e. The minimum atomic E-state index is 0.293. The van der Waals surface area contributed by atoms with Gasteiger partial charge in [0.25, 0.3) is 0 Å². The van der Waals surface area contributed by atoms with E-state index in [0.29, 0.717) is 17.9 Å². The first-order valence-electron chi connectivity index (χ1n) is 8.01. The van der Waals surface area contributed by atoms with Gasteiger partial charge < -0.3 is 10.0 Å². The van der Waals surface area contributed by atoms with Gasteiger partial charge >= 0.3 is 0 Å². The smallest absolute Gasteiger partial charge is 0.0558 e. The van der Waals surface area contributed by atoms with Gasteiger partial charge in [-0.3, -0.25) is 0 Å². The molecule has 0 aromatic carbocycles. The molecule has 5 atom stereocenters. The van der Waals surface area contributed by atoms with Crippen LogP contribution in [0.4, 0.5) is 0 Å². The highest BCUT2D eigenvalue weighted by atomic mass is 16.3. The number of likely N-dealkylation sites (tertiary alicyclic amines) is 1. The number of hydrogen-bond acceptors (Lipinski definition) is 2. The SMILES string of the molecule is C=C1[C@H]2CN(CCO)C[C@@H]3[C@H]2[C@H](C(C)C)CC[C@]13C. The molecule has 4 bridgehead atoms. The molecule has 19 heavy (non-hydrogen) atoms. The molecule has 3 rings (SSSR count). The van der Waals surface area contributed by atoms with Gasteiger partial charge in [0.05, 0.1) is 6.61 Å². The van der Waals surface area contributed by atoms with Crippen molar-refractivity contribution in [2.45, 2.75) is 33.6 Å². The quantitative estimate of drug-likeness (QED) is 0.792. The lowest BCUT2D eigenvalue weighted by molar-refractivity contribution is -0.0113. The molecule has 0 unspecified atom stereocenters. The Kier molecular flexibility index (Phi) is 3.30. The summed E-state index contributed by atoms with van der Waals surface area (Å²) in [5.41, 5.74) is 1.91. The van der Waals surface area contributed by atoms with Crippen LogP contribution in [0.2, 0.25) is 0 Å². The molecule has 0 spiro atoms. The number of piperidine rings is 1. The lowest BCUT2D eigenvalue weighted by atomic mass is 9.60. The van der Waals surface area contributed by atoms with Gasteiger partial charge in [0.2, 0.25) is 0 Å². The van der Waals surface area contributed by atoms with E-state index in [1.165, 1.54) is 25.0 Å². The molecule has 0 radical (unpaired) electrons. The van der Waals surface area contributed by atoms with Crippen molar-refractivity contribution in [3.63, 3.8) is 0 Å². The van der Waals surface area contributed by atoms with Gasteiger partial charge in [0.15, 0.2) is 0 Å². The van der Waals surface area contributed by atoms with Crippen LogP contribution in [0.15, 0.2) is 12.2 Å². The molecule has 1 aliphatic heterocycles. The van der Waals surface area contributed by atoms with Crippen LogP contribution in [0, 0.1) is 35.0 Å². The molecule has 0 aromatic heterocycles. The zero-order chi connectivity index (χ0) is 13.8. The van der Waals surface area contributed by atoms with Gasteiger partial charge in [-0.1, -0.05) is 32.9 Å². The second-order valence-electron chi connectivity index (χ2n) is 7.66. The zero-order valence-electron chi connectivity index (χ0n) is 12.7. The summed E-state index contributed by atoms with van der Waals surface area (Å²) in [5, 5.41) is 9.22. The highest BCUT2D eigenvalue weighted by Crippen LogP contribution is 2.65. The molecule has 0 amide bonds. The fraction of sp³-hybridized carbons (Fsp3) is 0.882. The molecule has 0 aromatic rings. The van der Waals surface area contributed by atoms with Crippen LogP contribution >= 0.6 is 0 Å². The Hall–Kier alpha value is -0.340. The van der Waals surface area contributed by atoms with Crippen molar-refractivity contribution in [2.75, 3.05) is 26.2 Å². The van der Waals surface area contributed by atoms with Crippen molar-refractivity contribution in [3.8, 4) is 0 Å². The van der Waals surface area contributed by atoms with Crippen LogP contribution in [0.25, 0.3) is 0 Å². The van der Waals surface area contributed by atoms with Gasteiger partial charge in [-0.05, 0) is 47.8 Å². The molecule has 3 fully saturated rings. The molecule has 3 aliphatic rings.